The van der Waals surface area contributed by atoms with Gasteiger partial charge in [-0.2, -0.15) is 4.39 Å². The monoisotopic (exact) mass is 519 g/mol. The van der Waals surface area contributed by atoms with E-state index in [1.54, 1.807) is 24.0 Å². The predicted octanol–water partition coefficient (Wildman–Crippen LogP) is 2.21. The lowest BCUT2D eigenvalue weighted by atomic mass is 10.1. The molecule has 13 heteroatoms. The number of halogens is 4. The molecule has 0 spiro atoms. The van der Waals surface area contributed by atoms with E-state index < -0.39 is 35.7 Å². The molecule has 2 aliphatic rings. The maximum atomic E-state index is 15.0. The van der Waals surface area contributed by atoms with E-state index in [-0.39, 0.29) is 35.6 Å². The Morgan fingerprint density at radius 2 is 1.84 bits per heavy atom. The topological polar surface area (TPSA) is 97.5 Å². The highest BCUT2D eigenvalue weighted by atomic mass is 19.3. The van der Waals surface area contributed by atoms with Gasteiger partial charge in [0.05, 0.1) is 17.7 Å². The Morgan fingerprint density at radius 1 is 1.08 bits per heavy atom. The highest BCUT2D eigenvalue weighted by Crippen LogP contribution is 2.26. The van der Waals surface area contributed by atoms with Gasteiger partial charge in [0, 0.05) is 51.3 Å². The van der Waals surface area contributed by atoms with Gasteiger partial charge in [-0.3, -0.25) is 19.9 Å². The number of aryl methyl sites for hydroxylation is 1. The van der Waals surface area contributed by atoms with Crippen molar-refractivity contribution in [2.45, 2.75) is 25.8 Å². The number of nitrogens with zero attached hydrogens (tertiary/aromatic N) is 5. The maximum absolute atomic E-state index is 15.0. The number of benzene rings is 1. The van der Waals surface area contributed by atoms with Crippen LogP contribution < -0.4 is 15.9 Å². The number of anilines is 1. The number of carbonyl (C=O) groups excluding carboxylic acids is 1. The number of piperazine rings is 1. The first-order valence-electron chi connectivity index (χ1n) is 11.9. The molecule has 0 unspecified atom stereocenters. The third kappa shape index (κ3) is 5.27. The van der Waals surface area contributed by atoms with Crippen LogP contribution in [0.1, 0.15) is 28.2 Å². The minimum atomic E-state index is -2.87. The highest BCUT2D eigenvalue weighted by Gasteiger charge is 2.39. The number of rotatable bonds is 5. The van der Waals surface area contributed by atoms with Crippen molar-refractivity contribution < 1.29 is 22.4 Å². The highest BCUT2D eigenvalue weighted by molar-refractivity contribution is 5.92. The Bertz CT molecular complexity index is 1410. The Labute approximate surface area is 209 Å². The largest absolute Gasteiger partial charge is 0.365 e. The Morgan fingerprint density at radius 3 is 2.51 bits per heavy atom. The molecular weight excluding hydrogens is 494 g/mol. The molecule has 2 saturated heterocycles. The average molecular weight is 520 g/mol. The molecule has 196 valence electrons. The number of amides is 1. The van der Waals surface area contributed by atoms with E-state index in [9.17, 15) is 22.8 Å². The molecule has 0 saturated carbocycles. The molecule has 1 aromatic carbocycles. The number of hydrogen-bond donors (Lipinski definition) is 2. The SMILES string of the molecule is Cc1nc2ccc(CN3CCN(c4ccc(C(=O)NN5CCC(F)(F)C5)nc4F)CC3)c(F)c2[nH]c1=O. The predicted molar refractivity (Wildman–Crippen MR) is 127 cm³/mol. The zero-order valence-electron chi connectivity index (χ0n) is 20.0. The van der Waals surface area contributed by atoms with Crippen molar-refractivity contribution in [2.75, 3.05) is 44.2 Å². The van der Waals surface area contributed by atoms with Crippen LogP contribution in [0.15, 0.2) is 29.1 Å². The number of alkyl halides is 2. The van der Waals surface area contributed by atoms with Crippen molar-refractivity contribution >= 4 is 22.6 Å². The summed E-state index contributed by atoms with van der Waals surface area (Å²) in [6.45, 7) is 3.20. The number of hydrogen-bond acceptors (Lipinski definition) is 7. The van der Waals surface area contributed by atoms with Crippen LogP contribution in [-0.4, -0.2) is 76.0 Å². The van der Waals surface area contributed by atoms with Gasteiger partial charge in [0.15, 0.2) is 5.82 Å². The number of carbonyl (C=O) groups is 1. The summed E-state index contributed by atoms with van der Waals surface area (Å²) in [5.74, 6) is -4.98. The Hall–Kier alpha value is -3.58. The van der Waals surface area contributed by atoms with Gasteiger partial charge in [0.2, 0.25) is 5.95 Å². The minimum Gasteiger partial charge on any atom is -0.365 e. The molecule has 2 N–H and O–H groups in total. The van der Waals surface area contributed by atoms with E-state index in [4.69, 9.17) is 0 Å². The lowest BCUT2D eigenvalue weighted by Crippen LogP contribution is -2.46. The van der Waals surface area contributed by atoms with Crippen LogP contribution in [0.3, 0.4) is 0 Å². The summed E-state index contributed by atoms with van der Waals surface area (Å²) in [6, 6.07) is 6.11. The lowest BCUT2D eigenvalue weighted by Gasteiger charge is -2.36. The molecule has 2 aliphatic heterocycles. The number of aromatic nitrogens is 3. The molecule has 1 amide bonds. The third-order valence-electron chi connectivity index (χ3n) is 6.65. The summed E-state index contributed by atoms with van der Waals surface area (Å²) in [6.07, 6.45) is -0.357. The molecule has 0 aliphatic carbocycles. The zero-order chi connectivity index (χ0) is 26.3. The lowest BCUT2D eigenvalue weighted by molar-refractivity contribution is 0.00697. The van der Waals surface area contributed by atoms with E-state index in [2.05, 4.69) is 20.4 Å². The van der Waals surface area contributed by atoms with Crippen LogP contribution in [0.4, 0.5) is 23.2 Å². The normalized spacial score (nSPS) is 18.5. The van der Waals surface area contributed by atoms with Crippen molar-refractivity contribution in [3.05, 3.63) is 63.3 Å². The molecular formula is C24H25F4N7O2. The molecule has 2 aromatic heterocycles. The molecule has 4 heterocycles. The van der Waals surface area contributed by atoms with Crippen LogP contribution in [0.5, 0.6) is 0 Å². The molecule has 5 rings (SSSR count). The summed E-state index contributed by atoms with van der Waals surface area (Å²) < 4.78 is 56.4. The van der Waals surface area contributed by atoms with E-state index in [0.717, 1.165) is 5.01 Å². The summed E-state index contributed by atoms with van der Waals surface area (Å²) in [7, 11) is 0. The van der Waals surface area contributed by atoms with Crippen LogP contribution in [0.2, 0.25) is 0 Å². The quantitative estimate of drug-likeness (QED) is 0.394. The minimum absolute atomic E-state index is 0.00117. The molecule has 3 aromatic rings. The first kappa shape index (κ1) is 25.1. The number of pyridine rings is 1. The molecule has 0 atom stereocenters. The van der Waals surface area contributed by atoms with Gasteiger partial charge in [-0.1, -0.05) is 6.07 Å². The molecule has 9 nitrogen and oxygen atoms in total. The van der Waals surface area contributed by atoms with Crippen molar-refractivity contribution in [1.29, 1.82) is 0 Å². The summed E-state index contributed by atoms with van der Waals surface area (Å²) in [5, 5.41) is 1.10. The van der Waals surface area contributed by atoms with E-state index in [1.807, 2.05) is 4.90 Å². The molecule has 37 heavy (non-hydrogen) atoms. The summed E-state index contributed by atoms with van der Waals surface area (Å²) >= 11 is 0. The number of nitrogens with one attached hydrogen (secondary N) is 2. The molecule has 0 radical (unpaired) electrons. The molecule has 0 bridgehead atoms. The zero-order valence-corrected chi connectivity index (χ0v) is 20.0. The number of aromatic amines is 1. The van der Waals surface area contributed by atoms with Crippen LogP contribution in [-0.2, 0) is 6.54 Å². The Kier molecular flexibility index (Phi) is 6.58. The average Bonchev–Trinajstić information content (AvgIpc) is 3.20. The fraction of sp³-hybridized carbons (Fsp3) is 0.417. The van der Waals surface area contributed by atoms with Gasteiger partial charge < -0.3 is 9.88 Å². The third-order valence-corrected chi connectivity index (χ3v) is 6.65. The maximum Gasteiger partial charge on any atom is 0.284 e. The van der Waals surface area contributed by atoms with Gasteiger partial charge in [-0.25, -0.2) is 28.1 Å². The van der Waals surface area contributed by atoms with Crippen molar-refractivity contribution in [2.24, 2.45) is 0 Å². The van der Waals surface area contributed by atoms with Gasteiger partial charge in [-0.05, 0) is 25.1 Å². The fourth-order valence-corrected chi connectivity index (χ4v) is 4.59. The van der Waals surface area contributed by atoms with Crippen molar-refractivity contribution in [3.63, 3.8) is 0 Å². The van der Waals surface area contributed by atoms with Crippen LogP contribution in [0, 0.1) is 18.7 Å². The molecule has 2 fully saturated rings. The first-order chi connectivity index (χ1) is 17.6. The van der Waals surface area contributed by atoms with Gasteiger partial charge >= 0.3 is 0 Å². The summed E-state index contributed by atoms with van der Waals surface area (Å²) in [4.78, 5) is 38.4. The van der Waals surface area contributed by atoms with E-state index in [1.165, 1.54) is 12.1 Å². The van der Waals surface area contributed by atoms with Crippen LogP contribution >= 0.6 is 0 Å². The number of fused-ring (bicyclic) bond motifs is 1. The van der Waals surface area contributed by atoms with Gasteiger partial charge in [0.25, 0.3) is 17.4 Å². The van der Waals surface area contributed by atoms with Crippen LogP contribution in [0.25, 0.3) is 11.0 Å². The second-order valence-electron chi connectivity index (χ2n) is 9.32. The van der Waals surface area contributed by atoms with Crippen molar-refractivity contribution in [3.8, 4) is 0 Å². The van der Waals surface area contributed by atoms with Gasteiger partial charge in [-0.15, -0.1) is 0 Å². The first-order valence-corrected chi connectivity index (χ1v) is 11.9. The fourth-order valence-electron chi connectivity index (χ4n) is 4.59. The second kappa shape index (κ2) is 9.71. The smallest absolute Gasteiger partial charge is 0.284 e. The number of H-pyrrole nitrogens is 1. The van der Waals surface area contributed by atoms with E-state index >= 15 is 4.39 Å². The van der Waals surface area contributed by atoms with Gasteiger partial charge in [0.1, 0.15) is 16.9 Å². The number of hydrazine groups is 1. The standard InChI is InChI=1S/C24H25F4N7O2/c1-14-22(36)31-20-16(29-14)3-2-15(19(20)25)12-33-8-10-34(11-9-33)18-5-4-17(30-21(18)26)23(37)32-35-7-6-24(27,28)13-35/h2-5H,6-13H2,1H3,(H,31,36)(H,32,37). The summed E-state index contributed by atoms with van der Waals surface area (Å²) in [5.41, 5.74) is 3.05. The Balaban J connectivity index is 1.20. The van der Waals surface area contributed by atoms with Crippen molar-refractivity contribution in [1.82, 2.24) is 30.3 Å². The second-order valence-corrected chi connectivity index (χ2v) is 9.32. The van der Waals surface area contributed by atoms with E-state index in [0.29, 0.717) is 43.8 Å².